The second-order valence-corrected chi connectivity index (χ2v) is 2.08. The molecule has 0 aliphatic rings. The first-order valence-corrected chi connectivity index (χ1v) is 3.17. The Morgan fingerprint density at radius 3 is 2.50 bits per heavy atom. The number of amides is 1. The van der Waals surface area contributed by atoms with E-state index in [1.165, 1.54) is 11.0 Å². The number of aliphatic hydroxyl groups is 1. The Morgan fingerprint density at radius 1 is 1.70 bits per heavy atom. The number of aliphatic hydroxyl groups excluding tert-OH is 1. The van der Waals surface area contributed by atoms with Crippen LogP contribution in [0.2, 0.25) is 0 Å². The van der Waals surface area contributed by atoms with Crippen LogP contribution in [-0.4, -0.2) is 29.2 Å². The monoisotopic (exact) mass is 143 g/mol. The molecule has 0 heterocycles. The van der Waals surface area contributed by atoms with Crippen molar-refractivity contribution in [2.24, 2.45) is 0 Å². The molecule has 0 aromatic carbocycles. The SMILES string of the molecule is C/C=C/C(=O)N(C)C(C)O. The molecule has 0 radical (unpaired) electrons. The topological polar surface area (TPSA) is 40.5 Å². The molecule has 1 amide bonds. The summed E-state index contributed by atoms with van der Waals surface area (Å²) >= 11 is 0. The molecule has 58 valence electrons. The van der Waals surface area contributed by atoms with Gasteiger partial charge >= 0.3 is 0 Å². The molecule has 0 saturated heterocycles. The average Bonchev–Trinajstić information content (AvgIpc) is 1.87. The molecule has 0 saturated carbocycles. The van der Waals surface area contributed by atoms with Crippen molar-refractivity contribution in [1.82, 2.24) is 4.90 Å². The summed E-state index contributed by atoms with van der Waals surface area (Å²) in [7, 11) is 1.55. The molecule has 3 heteroatoms. The summed E-state index contributed by atoms with van der Waals surface area (Å²) in [5.41, 5.74) is 0. The van der Waals surface area contributed by atoms with Crippen LogP contribution in [0.3, 0.4) is 0 Å². The quantitative estimate of drug-likeness (QED) is 0.448. The van der Waals surface area contributed by atoms with E-state index < -0.39 is 6.23 Å². The molecular weight excluding hydrogens is 130 g/mol. The summed E-state index contributed by atoms with van der Waals surface area (Å²) in [6.45, 7) is 3.30. The van der Waals surface area contributed by atoms with Crippen LogP contribution in [0.5, 0.6) is 0 Å². The second kappa shape index (κ2) is 4.06. The molecule has 0 aliphatic carbocycles. The third-order valence-electron chi connectivity index (χ3n) is 1.22. The molecule has 0 aliphatic heterocycles. The van der Waals surface area contributed by atoms with Gasteiger partial charge in [0.05, 0.1) is 0 Å². The van der Waals surface area contributed by atoms with E-state index >= 15 is 0 Å². The average molecular weight is 143 g/mol. The van der Waals surface area contributed by atoms with Crippen molar-refractivity contribution < 1.29 is 9.90 Å². The third kappa shape index (κ3) is 2.64. The first-order valence-electron chi connectivity index (χ1n) is 3.17. The Bertz CT molecular complexity index is 141. The highest BCUT2D eigenvalue weighted by Crippen LogP contribution is 1.91. The lowest BCUT2D eigenvalue weighted by Gasteiger charge is -2.17. The van der Waals surface area contributed by atoms with E-state index in [1.807, 2.05) is 0 Å². The number of nitrogens with zero attached hydrogens (tertiary/aromatic N) is 1. The summed E-state index contributed by atoms with van der Waals surface area (Å²) in [5.74, 6) is -0.183. The zero-order chi connectivity index (χ0) is 8.15. The minimum absolute atomic E-state index is 0.183. The Hall–Kier alpha value is -0.830. The zero-order valence-electron chi connectivity index (χ0n) is 6.53. The maximum atomic E-state index is 10.9. The summed E-state index contributed by atoms with van der Waals surface area (Å²) in [5, 5.41) is 8.89. The van der Waals surface area contributed by atoms with Gasteiger partial charge in [-0.2, -0.15) is 0 Å². The van der Waals surface area contributed by atoms with Crippen LogP contribution in [0.25, 0.3) is 0 Å². The van der Waals surface area contributed by atoms with Gasteiger partial charge in [0.15, 0.2) is 0 Å². The molecule has 1 unspecified atom stereocenters. The van der Waals surface area contributed by atoms with Crippen molar-refractivity contribution >= 4 is 5.91 Å². The molecule has 0 bridgehead atoms. The Kier molecular flexibility index (Phi) is 3.72. The van der Waals surface area contributed by atoms with Crippen molar-refractivity contribution in [1.29, 1.82) is 0 Å². The highest BCUT2D eigenvalue weighted by Gasteiger charge is 2.08. The number of hydrogen-bond acceptors (Lipinski definition) is 2. The lowest BCUT2D eigenvalue weighted by Crippen LogP contribution is -2.33. The van der Waals surface area contributed by atoms with Gasteiger partial charge < -0.3 is 10.0 Å². The molecule has 0 rings (SSSR count). The minimum atomic E-state index is -0.719. The van der Waals surface area contributed by atoms with Crippen LogP contribution >= 0.6 is 0 Å². The Balaban J connectivity index is 3.95. The lowest BCUT2D eigenvalue weighted by atomic mass is 10.4. The van der Waals surface area contributed by atoms with Crippen molar-refractivity contribution in [3.63, 3.8) is 0 Å². The summed E-state index contributed by atoms with van der Waals surface area (Å²) in [4.78, 5) is 12.1. The van der Waals surface area contributed by atoms with Crippen LogP contribution in [0.1, 0.15) is 13.8 Å². The standard InChI is InChI=1S/C7H13NO2/c1-4-5-7(10)8(3)6(2)9/h4-6,9H,1-3H3/b5-4+. The zero-order valence-corrected chi connectivity index (χ0v) is 6.53. The molecule has 1 atom stereocenters. The summed E-state index contributed by atoms with van der Waals surface area (Å²) < 4.78 is 0. The molecule has 1 N–H and O–H groups in total. The van der Waals surface area contributed by atoms with Gasteiger partial charge in [0.25, 0.3) is 0 Å². The Morgan fingerprint density at radius 2 is 2.20 bits per heavy atom. The van der Waals surface area contributed by atoms with Crippen molar-refractivity contribution in [2.45, 2.75) is 20.1 Å². The number of allylic oxidation sites excluding steroid dienone is 1. The van der Waals surface area contributed by atoms with Crippen LogP contribution in [0, 0.1) is 0 Å². The fourth-order valence-electron chi connectivity index (χ4n) is 0.444. The predicted octanol–water partition coefficient (Wildman–Crippen LogP) is 0.359. The number of carbonyl (C=O) groups is 1. The van der Waals surface area contributed by atoms with Crippen LogP contribution < -0.4 is 0 Å². The van der Waals surface area contributed by atoms with E-state index in [1.54, 1.807) is 27.0 Å². The molecule has 0 fully saturated rings. The van der Waals surface area contributed by atoms with E-state index in [0.29, 0.717) is 0 Å². The molecule has 10 heavy (non-hydrogen) atoms. The number of rotatable bonds is 2. The molecule has 0 aromatic heterocycles. The van der Waals surface area contributed by atoms with Gasteiger partial charge in [-0.25, -0.2) is 0 Å². The van der Waals surface area contributed by atoms with Crippen molar-refractivity contribution in [3.05, 3.63) is 12.2 Å². The fourth-order valence-corrected chi connectivity index (χ4v) is 0.444. The van der Waals surface area contributed by atoms with Gasteiger partial charge in [0, 0.05) is 7.05 Å². The molecule has 0 spiro atoms. The number of likely N-dealkylation sites (N-methyl/N-ethyl adjacent to an activating group) is 1. The van der Waals surface area contributed by atoms with Crippen LogP contribution in [-0.2, 0) is 4.79 Å². The van der Waals surface area contributed by atoms with Gasteiger partial charge in [-0.1, -0.05) is 6.08 Å². The van der Waals surface area contributed by atoms with Gasteiger partial charge in [0.2, 0.25) is 5.91 Å². The highest BCUT2D eigenvalue weighted by molar-refractivity contribution is 5.87. The molecular formula is C7H13NO2. The normalized spacial score (nSPS) is 13.6. The van der Waals surface area contributed by atoms with Gasteiger partial charge in [-0.3, -0.25) is 4.79 Å². The van der Waals surface area contributed by atoms with Gasteiger partial charge in [-0.05, 0) is 19.9 Å². The first kappa shape index (κ1) is 9.17. The van der Waals surface area contributed by atoms with E-state index in [2.05, 4.69) is 0 Å². The predicted molar refractivity (Wildman–Crippen MR) is 39.3 cm³/mol. The third-order valence-corrected chi connectivity index (χ3v) is 1.22. The van der Waals surface area contributed by atoms with E-state index in [9.17, 15) is 4.79 Å². The maximum absolute atomic E-state index is 10.9. The summed E-state index contributed by atoms with van der Waals surface area (Å²) in [6, 6.07) is 0. The first-order chi connectivity index (χ1) is 4.59. The van der Waals surface area contributed by atoms with E-state index in [0.717, 1.165) is 0 Å². The van der Waals surface area contributed by atoms with Crippen molar-refractivity contribution in [2.75, 3.05) is 7.05 Å². The fraction of sp³-hybridized carbons (Fsp3) is 0.571. The van der Waals surface area contributed by atoms with Gasteiger partial charge in [0.1, 0.15) is 6.23 Å². The second-order valence-electron chi connectivity index (χ2n) is 2.08. The largest absolute Gasteiger partial charge is 0.374 e. The Labute approximate surface area is 61.0 Å². The molecule has 0 aromatic rings. The highest BCUT2D eigenvalue weighted by atomic mass is 16.3. The van der Waals surface area contributed by atoms with Gasteiger partial charge in [-0.15, -0.1) is 0 Å². The number of carbonyl (C=O) groups excluding carboxylic acids is 1. The lowest BCUT2D eigenvalue weighted by molar-refractivity contribution is -0.132. The van der Waals surface area contributed by atoms with E-state index in [-0.39, 0.29) is 5.91 Å². The van der Waals surface area contributed by atoms with Crippen LogP contribution in [0.15, 0.2) is 12.2 Å². The van der Waals surface area contributed by atoms with Crippen molar-refractivity contribution in [3.8, 4) is 0 Å². The minimum Gasteiger partial charge on any atom is -0.374 e. The van der Waals surface area contributed by atoms with E-state index in [4.69, 9.17) is 5.11 Å². The summed E-state index contributed by atoms with van der Waals surface area (Å²) in [6.07, 6.45) is 2.33. The molecule has 3 nitrogen and oxygen atoms in total. The smallest absolute Gasteiger partial charge is 0.247 e. The maximum Gasteiger partial charge on any atom is 0.247 e. The number of hydrogen-bond donors (Lipinski definition) is 1. The van der Waals surface area contributed by atoms with Crippen LogP contribution in [0.4, 0.5) is 0 Å².